The van der Waals surface area contributed by atoms with Crippen molar-refractivity contribution in [1.29, 1.82) is 0 Å². The van der Waals surface area contributed by atoms with Crippen LogP contribution in [-0.2, 0) is 6.42 Å². The van der Waals surface area contributed by atoms with Gasteiger partial charge >= 0.3 is 0 Å². The van der Waals surface area contributed by atoms with Gasteiger partial charge in [0, 0.05) is 18.3 Å². The van der Waals surface area contributed by atoms with Crippen LogP contribution in [0.2, 0.25) is 0 Å². The summed E-state index contributed by atoms with van der Waals surface area (Å²) in [6, 6.07) is 6.35. The molecule has 0 bridgehead atoms. The molecule has 1 atom stereocenters. The number of hydrogen-bond acceptors (Lipinski definition) is 2. The van der Waals surface area contributed by atoms with E-state index in [1.54, 1.807) is 0 Å². The molecule has 1 aromatic rings. The summed E-state index contributed by atoms with van der Waals surface area (Å²) in [6.45, 7) is 7.21. The molecule has 0 aromatic heterocycles. The van der Waals surface area contributed by atoms with Crippen molar-refractivity contribution < 1.29 is 4.79 Å². The summed E-state index contributed by atoms with van der Waals surface area (Å²) in [4.78, 5) is 12.2. The summed E-state index contributed by atoms with van der Waals surface area (Å²) in [5.74, 6) is 0.484. The molecule has 2 rings (SSSR count). The van der Waals surface area contributed by atoms with E-state index < -0.39 is 0 Å². The highest BCUT2D eigenvalue weighted by Crippen LogP contribution is 2.22. The van der Waals surface area contributed by atoms with Crippen molar-refractivity contribution >= 4 is 11.6 Å². The number of amides is 1. The van der Waals surface area contributed by atoms with Gasteiger partial charge in [0.25, 0.3) is 5.91 Å². The van der Waals surface area contributed by atoms with Gasteiger partial charge in [0.1, 0.15) is 0 Å². The van der Waals surface area contributed by atoms with Crippen molar-refractivity contribution in [3.8, 4) is 0 Å². The molecule has 98 valence electrons. The fourth-order valence-electron chi connectivity index (χ4n) is 2.30. The second-order valence-electron chi connectivity index (χ2n) is 5.33. The zero-order valence-corrected chi connectivity index (χ0v) is 11.4. The van der Waals surface area contributed by atoms with Crippen LogP contribution in [0.1, 0.15) is 43.1 Å². The first-order valence-corrected chi connectivity index (χ1v) is 6.79. The minimum absolute atomic E-state index is 0.0478. The van der Waals surface area contributed by atoms with Crippen LogP contribution in [0.15, 0.2) is 18.2 Å². The average Bonchev–Trinajstić information content (AvgIpc) is 2.50. The molecule has 1 heterocycles. The van der Waals surface area contributed by atoms with E-state index >= 15 is 0 Å². The first-order valence-electron chi connectivity index (χ1n) is 6.79. The smallest absolute Gasteiger partial charge is 0.253 e. The van der Waals surface area contributed by atoms with Gasteiger partial charge in [-0.05, 0) is 30.0 Å². The standard InChI is InChI=1S/C15H22N2O/c1-4-5-11-6-7-13-12(8-11)15(18)17-14(9-16-13)10(2)3/h6-8,10,14,16H,4-5,9H2,1-3H3,(H,17,18). The summed E-state index contributed by atoms with van der Waals surface area (Å²) in [5, 5.41) is 6.48. The lowest BCUT2D eigenvalue weighted by molar-refractivity contribution is 0.0933. The summed E-state index contributed by atoms with van der Waals surface area (Å²) in [5.41, 5.74) is 2.97. The Morgan fingerprint density at radius 1 is 1.39 bits per heavy atom. The minimum atomic E-state index is 0.0478. The first kappa shape index (κ1) is 12.9. The highest BCUT2D eigenvalue weighted by Gasteiger charge is 2.23. The van der Waals surface area contributed by atoms with E-state index in [4.69, 9.17) is 0 Å². The molecule has 0 aliphatic carbocycles. The van der Waals surface area contributed by atoms with E-state index in [0.29, 0.717) is 5.92 Å². The van der Waals surface area contributed by atoms with Crippen LogP contribution in [0, 0.1) is 5.92 Å². The van der Waals surface area contributed by atoms with E-state index in [0.717, 1.165) is 30.6 Å². The Morgan fingerprint density at radius 3 is 2.83 bits per heavy atom. The Hall–Kier alpha value is -1.51. The number of aryl methyl sites for hydroxylation is 1. The normalized spacial score (nSPS) is 18.9. The quantitative estimate of drug-likeness (QED) is 0.861. The van der Waals surface area contributed by atoms with E-state index in [1.165, 1.54) is 5.56 Å². The number of fused-ring (bicyclic) bond motifs is 1. The third kappa shape index (κ3) is 2.66. The summed E-state index contributed by atoms with van der Waals surface area (Å²) in [7, 11) is 0. The van der Waals surface area contributed by atoms with Gasteiger partial charge in [0.05, 0.1) is 5.56 Å². The summed E-state index contributed by atoms with van der Waals surface area (Å²) < 4.78 is 0. The van der Waals surface area contributed by atoms with Crippen LogP contribution >= 0.6 is 0 Å². The lowest BCUT2D eigenvalue weighted by atomic mass is 10.0. The Labute approximate surface area is 109 Å². The molecule has 1 aliphatic rings. The lowest BCUT2D eigenvalue weighted by Crippen LogP contribution is -2.40. The molecule has 0 saturated heterocycles. The molecule has 0 spiro atoms. The molecular weight excluding hydrogens is 224 g/mol. The maximum Gasteiger partial charge on any atom is 0.253 e. The monoisotopic (exact) mass is 246 g/mol. The summed E-state index contributed by atoms with van der Waals surface area (Å²) in [6.07, 6.45) is 2.12. The van der Waals surface area contributed by atoms with Crippen LogP contribution in [0.5, 0.6) is 0 Å². The van der Waals surface area contributed by atoms with Gasteiger partial charge in [-0.25, -0.2) is 0 Å². The minimum Gasteiger partial charge on any atom is -0.382 e. The zero-order chi connectivity index (χ0) is 13.1. The van der Waals surface area contributed by atoms with Crippen LogP contribution in [0.4, 0.5) is 5.69 Å². The zero-order valence-electron chi connectivity index (χ0n) is 11.4. The number of hydrogen-bond donors (Lipinski definition) is 2. The van der Waals surface area contributed by atoms with Crippen molar-refractivity contribution in [2.75, 3.05) is 11.9 Å². The van der Waals surface area contributed by atoms with Gasteiger partial charge in [0.15, 0.2) is 0 Å². The second kappa shape index (κ2) is 5.42. The molecule has 0 fully saturated rings. The molecule has 18 heavy (non-hydrogen) atoms. The Morgan fingerprint density at radius 2 is 2.17 bits per heavy atom. The molecule has 1 aliphatic heterocycles. The molecule has 0 saturated carbocycles. The molecule has 3 heteroatoms. The molecule has 1 unspecified atom stereocenters. The lowest BCUT2D eigenvalue weighted by Gasteiger charge is -2.19. The van der Waals surface area contributed by atoms with Crippen molar-refractivity contribution in [3.05, 3.63) is 29.3 Å². The molecular formula is C15H22N2O. The molecule has 2 N–H and O–H groups in total. The van der Waals surface area contributed by atoms with E-state index in [9.17, 15) is 4.79 Å². The van der Waals surface area contributed by atoms with Crippen LogP contribution in [0.25, 0.3) is 0 Å². The highest BCUT2D eigenvalue weighted by atomic mass is 16.1. The predicted molar refractivity (Wildman–Crippen MR) is 75.0 cm³/mol. The Kier molecular flexibility index (Phi) is 3.90. The van der Waals surface area contributed by atoms with Gasteiger partial charge < -0.3 is 10.6 Å². The number of carbonyl (C=O) groups excluding carboxylic acids is 1. The third-order valence-corrected chi connectivity index (χ3v) is 3.50. The fourth-order valence-corrected chi connectivity index (χ4v) is 2.30. The number of anilines is 1. The maximum atomic E-state index is 12.2. The van der Waals surface area contributed by atoms with Gasteiger partial charge in [-0.15, -0.1) is 0 Å². The van der Waals surface area contributed by atoms with Crippen molar-refractivity contribution in [1.82, 2.24) is 5.32 Å². The van der Waals surface area contributed by atoms with Gasteiger partial charge in [-0.1, -0.05) is 33.3 Å². The summed E-state index contributed by atoms with van der Waals surface area (Å²) >= 11 is 0. The van der Waals surface area contributed by atoms with Gasteiger partial charge in [-0.2, -0.15) is 0 Å². The molecule has 1 amide bonds. The molecule has 1 aromatic carbocycles. The Balaban J connectivity index is 2.27. The van der Waals surface area contributed by atoms with Crippen LogP contribution in [0.3, 0.4) is 0 Å². The molecule has 0 radical (unpaired) electrons. The van der Waals surface area contributed by atoms with E-state index in [1.807, 2.05) is 12.1 Å². The van der Waals surface area contributed by atoms with Crippen molar-refractivity contribution in [2.24, 2.45) is 5.92 Å². The first-order chi connectivity index (χ1) is 8.61. The van der Waals surface area contributed by atoms with Crippen molar-refractivity contribution in [2.45, 2.75) is 39.7 Å². The van der Waals surface area contributed by atoms with Crippen molar-refractivity contribution in [3.63, 3.8) is 0 Å². The fraction of sp³-hybridized carbons (Fsp3) is 0.533. The predicted octanol–water partition coefficient (Wildman–Crippen LogP) is 2.82. The topological polar surface area (TPSA) is 41.1 Å². The molecule has 3 nitrogen and oxygen atoms in total. The average molecular weight is 246 g/mol. The second-order valence-corrected chi connectivity index (χ2v) is 5.33. The number of rotatable bonds is 3. The number of nitrogens with one attached hydrogen (secondary N) is 2. The highest BCUT2D eigenvalue weighted by molar-refractivity contribution is 6.00. The maximum absolute atomic E-state index is 12.2. The van der Waals surface area contributed by atoms with Gasteiger partial charge in [-0.3, -0.25) is 4.79 Å². The number of carbonyl (C=O) groups is 1. The number of benzene rings is 1. The van der Waals surface area contributed by atoms with E-state index in [2.05, 4.69) is 37.5 Å². The third-order valence-electron chi connectivity index (χ3n) is 3.50. The van der Waals surface area contributed by atoms with Gasteiger partial charge in [0.2, 0.25) is 0 Å². The SMILES string of the molecule is CCCc1ccc2c(c1)C(=O)NC(C(C)C)CN2. The van der Waals surface area contributed by atoms with Crippen LogP contribution < -0.4 is 10.6 Å². The van der Waals surface area contributed by atoms with E-state index in [-0.39, 0.29) is 11.9 Å². The Bertz CT molecular complexity index is 440. The largest absolute Gasteiger partial charge is 0.382 e. The van der Waals surface area contributed by atoms with Crippen LogP contribution in [-0.4, -0.2) is 18.5 Å².